The second kappa shape index (κ2) is 4.72. The van der Waals surface area contributed by atoms with E-state index in [2.05, 4.69) is 39.7 Å². The predicted octanol–water partition coefficient (Wildman–Crippen LogP) is 2.04. The van der Waals surface area contributed by atoms with Crippen LogP contribution in [0.2, 0.25) is 0 Å². The van der Waals surface area contributed by atoms with Crippen molar-refractivity contribution in [2.45, 2.75) is 19.8 Å². The zero-order valence-electron chi connectivity index (χ0n) is 10.0. The van der Waals surface area contributed by atoms with Crippen LogP contribution in [0.5, 0.6) is 0 Å². The normalized spacial score (nSPS) is 39.0. The van der Waals surface area contributed by atoms with E-state index in [-0.39, 0.29) is 0 Å². The van der Waals surface area contributed by atoms with Gasteiger partial charge in [-0.3, -0.25) is 0 Å². The molecule has 0 aromatic carbocycles. The molecule has 2 fully saturated rings. The van der Waals surface area contributed by atoms with Crippen LogP contribution in [0.25, 0.3) is 0 Å². The number of nitrogens with zero attached hydrogens (tertiary/aromatic N) is 2. The summed E-state index contributed by atoms with van der Waals surface area (Å²) in [5.74, 6) is 0.924. The summed E-state index contributed by atoms with van der Waals surface area (Å²) in [6, 6.07) is 0. The Hall–Kier alpha value is 0.400. The van der Waals surface area contributed by atoms with Gasteiger partial charge in [-0.1, -0.05) is 22.9 Å². The molecule has 0 saturated carbocycles. The molecule has 0 N–H and O–H groups in total. The minimum absolute atomic E-state index is 0.532. The zero-order valence-corrected chi connectivity index (χ0v) is 11.6. The average Bonchev–Trinajstić information content (AvgIpc) is 2.76. The highest BCUT2D eigenvalue weighted by Gasteiger charge is 2.34. The largest absolute Gasteiger partial charge is 0.306 e. The third kappa shape index (κ3) is 2.95. The van der Waals surface area contributed by atoms with Crippen LogP contribution in [0.15, 0.2) is 0 Å². The van der Waals surface area contributed by atoms with Crippen LogP contribution in [0.4, 0.5) is 0 Å². The summed E-state index contributed by atoms with van der Waals surface area (Å²) < 4.78 is 0. The highest BCUT2D eigenvalue weighted by atomic mass is 79.9. The summed E-state index contributed by atoms with van der Waals surface area (Å²) in [6.07, 6.45) is 2.76. The van der Waals surface area contributed by atoms with Crippen molar-refractivity contribution in [2.75, 3.05) is 45.1 Å². The lowest BCUT2D eigenvalue weighted by atomic mass is 9.93. The fourth-order valence-electron chi connectivity index (χ4n) is 2.93. The Balaban J connectivity index is 1.77. The van der Waals surface area contributed by atoms with Crippen molar-refractivity contribution < 1.29 is 0 Å². The first-order valence-corrected chi connectivity index (χ1v) is 7.20. The van der Waals surface area contributed by atoms with Crippen LogP contribution in [0.1, 0.15) is 19.8 Å². The van der Waals surface area contributed by atoms with E-state index >= 15 is 0 Å². The Morgan fingerprint density at radius 1 is 1.40 bits per heavy atom. The minimum Gasteiger partial charge on any atom is -0.306 e. The van der Waals surface area contributed by atoms with Crippen LogP contribution >= 0.6 is 15.9 Å². The van der Waals surface area contributed by atoms with Crippen LogP contribution in [0.3, 0.4) is 0 Å². The molecule has 0 bridgehead atoms. The molecule has 0 spiro atoms. The Morgan fingerprint density at radius 2 is 2.20 bits per heavy atom. The van der Waals surface area contributed by atoms with Gasteiger partial charge in [-0.25, -0.2) is 0 Å². The first-order chi connectivity index (χ1) is 7.11. The molecule has 2 heterocycles. The smallest absolute Gasteiger partial charge is 0.00980 e. The van der Waals surface area contributed by atoms with Gasteiger partial charge >= 0.3 is 0 Å². The predicted molar refractivity (Wildman–Crippen MR) is 68.6 cm³/mol. The Morgan fingerprint density at radius 3 is 2.73 bits per heavy atom. The van der Waals surface area contributed by atoms with Crippen LogP contribution in [-0.2, 0) is 0 Å². The molecular formula is C12H23BrN2. The highest BCUT2D eigenvalue weighted by Crippen LogP contribution is 2.32. The molecule has 2 rings (SSSR count). The number of likely N-dealkylation sites (tertiary alicyclic amines) is 2. The first-order valence-electron chi connectivity index (χ1n) is 6.08. The molecule has 0 aliphatic carbocycles. The Kier molecular flexibility index (Phi) is 3.74. The monoisotopic (exact) mass is 274 g/mol. The SMILES string of the molecule is CN1CCC(CN2CCC(C)(CBr)C2)C1. The molecule has 88 valence electrons. The first kappa shape index (κ1) is 11.9. The van der Waals surface area contributed by atoms with Gasteiger partial charge in [-0.05, 0) is 44.3 Å². The number of hydrogen-bond donors (Lipinski definition) is 0. The molecule has 2 nitrogen and oxygen atoms in total. The second-order valence-electron chi connectivity index (χ2n) is 5.85. The van der Waals surface area contributed by atoms with Crippen molar-refractivity contribution in [3.05, 3.63) is 0 Å². The van der Waals surface area contributed by atoms with E-state index in [1.807, 2.05) is 0 Å². The summed E-state index contributed by atoms with van der Waals surface area (Å²) in [6.45, 7) is 8.94. The quantitative estimate of drug-likeness (QED) is 0.727. The summed E-state index contributed by atoms with van der Waals surface area (Å²) in [4.78, 5) is 5.13. The second-order valence-corrected chi connectivity index (χ2v) is 6.41. The van der Waals surface area contributed by atoms with Gasteiger partial charge in [0.1, 0.15) is 0 Å². The summed E-state index contributed by atoms with van der Waals surface area (Å²) in [5.41, 5.74) is 0.532. The van der Waals surface area contributed by atoms with E-state index < -0.39 is 0 Å². The molecular weight excluding hydrogens is 252 g/mol. The molecule has 15 heavy (non-hydrogen) atoms. The van der Waals surface area contributed by atoms with Gasteiger partial charge in [0.25, 0.3) is 0 Å². The van der Waals surface area contributed by atoms with Crippen molar-refractivity contribution in [3.63, 3.8) is 0 Å². The lowest BCUT2D eigenvalue weighted by Gasteiger charge is -2.24. The van der Waals surface area contributed by atoms with E-state index in [4.69, 9.17) is 0 Å². The maximum absolute atomic E-state index is 3.65. The van der Waals surface area contributed by atoms with Crippen molar-refractivity contribution in [1.82, 2.24) is 9.80 Å². The third-order valence-electron chi connectivity index (χ3n) is 3.96. The van der Waals surface area contributed by atoms with Crippen molar-refractivity contribution >= 4 is 15.9 Å². The topological polar surface area (TPSA) is 6.48 Å². The fourth-order valence-corrected chi connectivity index (χ4v) is 3.39. The maximum atomic E-state index is 3.65. The molecule has 0 amide bonds. The lowest BCUT2D eigenvalue weighted by Crippen LogP contribution is -2.31. The summed E-state index contributed by atoms with van der Waals surface area (Å²) >= 11 is 3.65. The molecule has 3 heteroatoms. The van der Waals surface area contributed by atoms with Gasteiger partial charge in [0, 0.05) is 25.0 Å². The maximum Gasteiger partial charge on any atom is 0.00980 e. The molecule has 2 aliphatic rings. The van der Waals surface area contributed by atoms with Gasteiger partial charge in [-0.15, -0.1) is 0 Å². The van der Waals surface area contributed by atoms with Gasteiger partial charge in [-0.2, -0.15) is 0 Å². The fraction of sp³-hybridized carbons (Fsp3) is 1.00. The number of alkyl halides is 1. The Bertz CT molecular complexity index is 222. The van der Waals surface area contributed by atoms with Crippen molar-refractivity contribution in [2.24, 2.45) is 11.3 Å². The number of hydrogen-bond acceptors (Lipinski definition) is 2. The molecule has 2 aliphatic heterocycles. The van der Waals surface area contributed by atoms with E-state index in [9.17, 15) is 0 Å². The van der Waals surface area contributed by atoms with Gasteiger partial charge in [0.05, 0.1) is 0 Å². The van der Waals surface area contributed by atoms with Crippen LogP contribution in [-0.4, -0.2) is 54.9 Å². The van der Waals surface area contributed by atoms with Gasteiger partial charge in [0.15, 0.2) is 0 Å². The summed E-state index contributed by atoms with van der Waals surface area (Å²) in [7, 11) is 2.24. The highest BCUT2D eigenvalue weighted by molar-refractivity contribution is 9.09. The molecule has 0 aromatic heterocycles. The standard InChI is InChI=1S/C12H23BrN2/c1-12(9-13)4-6-15(10-12)8-11-3-5-14(2)7-11/h11H,3-10H2,1-2H3. The minimum atomic E-state index is 0.532. The molecule has 2 saturated heterocycles. The lowest BCUT2D eigenvalue weighted by molar-refractivity contribution is 0.250. The average molecular weight is 275 g/mol. The van der Waals surface area contributed by atoms with E-state index in [1.54, 1.807) is 0 Å². The third-order valence-corrected chi connectivity index (χ3v) is 5.32. The van der Waals surface area contributed by atoms with Crippen molar-refractivity contribution in [3.8, 4) is 0 Å². The number of rotatable bonds is 3. The summed E-state index contributed by atoms with van der Waals surface area (Å²) in [5, 5.41) is 1.15. The van der Waals surface area contributed by atoms with Crippen molar-refractivity contribution in [1.29, 1.82) is 0 Å². The number of halogens is 1. The molecule has 2 unspecified atom stereocenters. The zero-order chi connectivity index (χ0) is 10.9. The van der Waals surface area contributed by atoms with E-state index in [0.29, 0.717) is 5.41 Å². The molecule has 0 radical (unpaired) electrons. The van der Waals surface area contributed by atoms with Crippen LogP contribution < -0.4 is 0 Å². The molecule has 2 atom stereocenters. The van der Waals surface area contributed by atoms with Gasteiger partial charge < -0.3 is 9.80 Å². The Labute approximate surface area is 102 Å². The van der Waals surface area contributed by atoms with E-state index in [1.165, 1.54) is 45.6 Å². The van der Waals surface area contributed by atoms with E-state index in [0.717, 1.165) is 11.2 Å². The van der Waals surface area contributed by atoms with Gasteiger partial charge in [0.2, 0.25) is 0 Å². The van der Waals surface area contributed by atoms with Crippen LogP contribution in [0, 0.1) is 11.3 Å². The molecule has 0 aromatic rings.